The summed E-state index contributed by atoms with van der Waals surface area (Å²) in [6.07, 6.45) is 6.63. The monoisotopic (exact) mass is 348 g/mol. The average Bonchev–Trinajstić information content (AvgIpc) is 3.13. The van der Waals surface area contributed by atoms with E-state index in [4.69, 9.17) is 0 Å². The highest BCUT2D eigenvalue weighted by atomic mass is 16.2. The Morgan fingerprint density at radius 3 is 2.85 bits per heavy atom. The van der Waals surface area contributed by atoms with Crippen LogP contribution in [0.4, 0.5) is 0 Å². The minimum absolute atomic E-state index is 0.0768. The Hall–Kier alpha value is -3.09. The van der Waals surface area contributed by atoms with Gasteiger partial charge in [-0.1, -0.05) is 30.3 Å². The molecule has 7 heteroatoms. The lowest BCUT2D eigenvalue weighted by Gasteiger charge is -2.27. The van der Waals surface area contributed by atoms with Crippen LogP contribution in [-0.4, -0.2) is 42.6 Å². The third-order valence-corrected chi connectivity index (χ3v) is 4.69. The lowest BCUT2D eigenvalue weighted by Crippen LogP contribution is -2.34. The van der Waals surface area contributed by atoms with Gasteiger partial charge in [0.15, 0.2) is 5.82 Å². The molecule has 1 atom stereocenters. The summed E-state index contributed by atoms with van der Waals surface area (Å²) in [5, 5.41) is 8.61. The Labute approximate surface area is 151 Å². The number of fused-ring (bicyclic) bond motifs is 1. The van der Waals surface area contributed by atoms with E-state index in [0.717, 1.165) is 30.8 Å². The number of aromatic nitrogens is 5. The number of hydrogen-bond donors (Lipinski definition) is 0. The van der Waals surface area contributed by atoms with Gasteiger partial charge < -0.3 is 9.47 Å². The topological polar surface area (TPSA) is 76.8 Å². The molecule has 1 aliphatic rings. The smallest absolute Gasteiger partial charge is 0.233 e. The molecule has 1 aromatic carbocycles. The van der Waals surface area contributed by atoms with Crippen molar-refractivity contribution < 1.29 is 4.79 Å². The van der Waals surface area contributed by atoms with Crippen LogP contribution in [0.3, 0.4) is 0 Å². The van der Waals surface area contributed by atoms with Crippen LogP contribution in [0, 0.1) is 0 Å². The number of hydrogen-bond acceptors (Lipinski definition) is 5. The summed E-state index contributed by atoms with van der Waals surface area (Å²) in [7, 11) is 1.84. The Morgan fingerprint density at radius 2 is 2.08 bits per heavy atom. The molecule has 0 bridgehead atoms. The predicted octanol–water partition coefficient (Wildman–Crippen LogP) is 2.27. The zero-order valence-corrected chi connectivity index (χ0v) is 14.6. The fraction of sp³-hybridized carbons (Fsp3) is 0.316. The summed E-state index contributed by atoms with van der Waals surface area (Å²) in [6.45, 7) is 1.38. The lowest BCUT2D eigenvalue weighted by atomic mass is 9.97. The molecule has 0 saturated heterocycles. The van der Waals surface area contributed by atoms with Crippen LogP contribution < -0.4 is 0 Å². The highest BCUT2D eigenvalue weighted by Crippen LogP contribution is 2.30. The van der Waals surface area contributed by atoms with E-state index < -0.39 is 0 Å². The lowest BCUT2D eigenvalue weighted by molar-refractivity contribution is -0.132. The summed E-state index contributed by atoms with van der Waals surface area (Å²) in [5.74, 6) is 1.21. The second-order valence-corrected chi connectivity index (χ2v) is 6.50. The van der Waals surface area contributed by atoms with E-state index in [1.807, 2.05) is 41.9 Å². The Bertz CT molecular complexity index is 893. The van der Waals surface area contributed by atoms with Crippen molar-refractivity contribution in [1.29, 1.82) is 0 Å². The van der Waals surface area contributed by atoms with Crippen LogP contribution in [0.15, 0.2) is 48.9 Å². The highest BCUT2D eigenvalue weighted by molar-refractivity contribution is 5.83. The first kappa shape index (κ1) is 16.4. The molecule has 0 fully saturated rings. The van der Waals surface area contributed by atoms with E-state index in [1.165, 1.54) is 0 Å². The number of rotatable bonds is 4. The van der Waals surface area contributed by atoms with Gasteiger partial charge in [-0.25, -0.2) is 4.98 Å². The van der Waals surface area contributed by atoms with Crippen molar-refractivity contribution in [2.75, 3.05) is 7.05 Å². The molecule has 0 aliphatic carbocycles. The van der Waals surface area contributed by atoms with Crippen molar-refractivity contribution in [3.63, 3.8) is 0 Å². The number of likely N-dealkylation sites (N-methyl/N-ethyl adjacent to an activating group) is 1. The molecule has 7 nitrogen and oxygen atoms in total. The first-order chi connectivity index (χ1) is 12.7. The highest BCUT2D eigenvalue weighted by Gasteiger charge is 2.33. The summed E-state index contributed by atoms with van der Waals surface area (Å²) in [5.41, 5.74) is 1.79. The molecule has 1 unspecified atom stereocenters. The molecule has 4 rings (SSSR count). The molecule has 1 amide bonds. The molecule has 0 saturated carbocycles. The molecule has 0 N–H and O–H groups in total. The molecule has 3 heterocycles. The largest absolute Gasteiger partial charge is 0.341 e. The maximum Gasteiger partial charge on any atom is 0.233 e. The molecule has 2 aromatic heterocycles. The van der Waals surface area contributed by atoms with Crippen molar-refractivity contribution >= 4 is 5.91 Å². The van der Waals surface area contributed by atoms with Gasteiger partial charge in [-0.15, -0.1) is 10.2 Å². The minimum Gasteiger partial charge on any atom is -0.341 e. The summed E-state index contributed by atoms with van der Waals surface area (Å²) in [4.78, 5) is 23.2. The van der Waals surface area contributed by atoms with Gasteiger partial charge in [0.25, 0.3) is 0 Å². The van der Waals surface area contributed by atoms with Crippen LogP contribution in [0.25, 0.3) is 11.5 Å². The third-order valence-electron chi connectivity index (χ3n) is 4.69. The molecule has 0 spiro atoms. The van der Waals surface area contributed by atoms with Gasteiger partial charge >= 0.3 is 0 Å². The van der Waals surface area contributed by atoms with E-state index in [0.29, 0.717) is 18.1 Å². The average molecular weight is 348 g/mol. The molecular formula is C19H20N6O. The fourth-order valence-electron chi connectivity index (χ4n) is 3.42. The molecule has 1 aliphatic heterocycles. The number of amides is 1. The first-order valence-electron chi connectivity index (χ1n) is 8.72. The van der Waals surface area contributed by atoms with Gasteiger partial charge in [-0.05, 0) is 18.4 Å². The summed E-state index contributed by atoms with van der Waals surface area (Å²) >= 11 is 0. The van der Waals surface area contributed by atoms with Crippen molar-refractivity contribution in [3.05, 3.63) is 60.3 Å². The van der Waals surface area contributed by atoms with Gasteiger partial charge in [0.05, 0.1) is 12.1 Å². The van der Waals surface area contributed by atoms with Gasteiger partial charge in [0, 0.05) is 32.5 Å². The maximum atomic E-state index is 13.0. The zero-order valence-electron chi connectivity index (χ0n) is 14.6. The second-order valence-electron chi connectivity index (χ2n) is 6.50. The normalized spacial score (nSPS) is 16.1. The van der Waals surface area contributed by atoms with Crippen LogP contribution in [-0.2, 0) is 17.9 Å². The van der Waals surface area contributed by atoms with Crippen LogP contribution in [0.1, 0.15) is 30.1 Å². The maximum absolute atomic E-state index is 13.0. The molecular weight excluding hydrogens is 328 g/mol. The standard InChI is InChI=1S/C19H20N6O/c1-24(13-14-6-3-2-4-7-14)19(26)15-8-5-11-25-17(15)22-23-18(25)16-12-20-9-10-21-16/h2-4,6-7,9-10,12,15H,5,8,11,13H2,1H3. The molecule has 0 radical (unpaired) electrons. The predicted molar refractivity (Wildman–Crippen MR) is 95.9 cm³/mol. The van der Waals surface area contributed by atoms with Crippen molar-refractivity contribution in [1.82, 2.24) is 29.6 Å². The Morgan fingerprint density at radius 1 is 1.23 bits per heavy atom. The number of carbonyl (C=O) groups excluding carboxylic acids is 1. The zero-order chi connectivity index (χ0) is 17.9. The number of nitrogens with zero attached hydrogens (tertiary/aromatic N) is 6. The van der Waals surface area contributed by atoms with Crippen LogP contribution in [0.5, 0.6) is 0 Å². The van der Waals surface area contributed by atoms with Crippen molar-refractivity contribution in [3.8, 4) is 11.5 Å². The van der Waals surface area contributed by atoms with E-state index in [1.54, 1.807) is 23.5 Å². The van der Waals surface area contributed by atoms with E-state index in [-0.39, 0.29) is 11.8 Å². The van der Waals surface area contributed by atoms with Crippen LogP contribution >= 0.6 is 0 Å². The van der Waals surface area contributed by atoms with Gasteiger partial charge in [0.2, 0.25) is 5.91 Å². The van der Waals surface area contributed by atoms with E-state index in [2.05, 4.69) is 20.2 Å². The number of carbonyl (C=O) groups is 1. The van der Waals surface area contributed by atoms with Gasteiger partial charge in [0.1, 0.15) is 11.5 Å². The quantitative estimate of drug-likeness (QED) is 0.723. The minimum atomic E-state index is -0.268. The van der Waals surface area contributed by atoms with Crippen molar-refractivity contribution in [2.45, 2.75) is 31.8 Å². The van der Waals surface area contributed by atoms with E-state index in [9.17, 15) is 4.79 Å². The molecule has 3 aromatic rings. The Balaban J connectivity index is 1.58. The van der Waals surface area contributed by atoms with Gasteiger partial charge in [-0.3, -0.25) is 9.78 Å². The first-order valence-corrected chi connectivity index (χ1v) is 8.72. The number of benzene rings is 1. The van der Waals surface area contributed by atoms with Crippen molar-refractivity contribution in [2.24, 2.45) is 0 Å². The summed E-state index contributed by atoms with van der Waals surface area (Å²) in [6, 6.07) is 10.00. The molecule has 132 valence electrons. The van der Waals surface area contributed by atoms with Gasteiger partial charge in [-0.2, -0.15) is 0 Å². The second kappa shape index (κ2) is 7.03. The van der Waals surface area contributed by atoms with Crippen LogP contribution in [0.2, 0.25) is 0 Å². The summed E-state index contributed by atoms with van der Waals surface area (Å²) < 4.78 is 2.01. The Kier molecular flexibility index (Phi) is 4.43. The SMILES string of the molecule is CN(Cc1ccccc1)C(=O)C1CCCn2c(-c3cnccn3)nnc21. The fourth-order valence-corrected chi connectivity index (χ4v) is 3.42. The van der Waals surface area contributed by atoms with E-state index >= 15 is 0 Å². The third kappa shape index (κ3) is 3.08. The molecule has 26 heavy (non-hydrogen) atoms.